The number of benzene rings is 2. The summed E-state index contributed by atoms with van der Waals surface area (Å²) < 4.78 is 2.10. The molecule has 150 valence electrons. The van der Waals surface area contributed by atoms with E-state index in [2.05, 4.69) is 20.9 Å². The van der Waals surface area contributed by atoms with Crippen LogP contribution in [0.4, 0.5) is 0 Å². The maximum atomic E-state index is 12.5. The van der Waals surface area contributed by atoms with Crippen molar-refractivity contribution in [2.45, 2.75) is 51.5 Å². The highest BCUT2D eigenvalue weighted by atomic mass is 16.2. The lowest BCUT2D eigenvalue weighted by molar-refractivity contribution is -0.121. The van der Waals surface area contributed by atoms with Crippen LogP contribution in [0, 0.1) is 0 Å². The number of rotatable bonds is 8. The van der Waals surface area contributed by atoms with E-state index in [0.717, 1.165) is 42.4 Å². The van der Waals surface area contributed by atoms with Crippen LogP contribution in [0.3, 0.4) is 0 Å². The van der Waals surface area contributed by atoms with E-state index >= 15 is 0 Å². The van der Waals surface area contributed by atoms with Gasteiger partial charge in [0.15, 0.2) is 5.78 Å². The molecule has 1 aromatic heterocycles. The van der Waals surface area contributed by atoms with Crippen LogP contribution in [0.1, 0.15) is 53.6 Å². The van der Waals surface area contributed by atoms with E-state index < -0.39 is 0 Å². The van der Waals surface area contributed by atoms with E-state index in [4.69, 9.17) is 0 Å². The molecular weight excluding hydrogens is 362 g/mol. The molecule has 0 radical (unpaired) electrons. The number of Topliss-reactive ketones (excluding diaryl/α,β-unsaturated/α-hetero) is 1. The Morgan fingerprint density at radius 2 is 1.83 bits per heavy atom. The first-order valence-electron chi connectivity index (χ1n) is 10.5. The Hall–Kier alpha value is -2.95. The van der Waals surface area contributed by atoms with Gasteiger partial charge in [0.2, 0.25) is 5.91 Å². The molecule has 0 saturated heterocycles. The van der Waals surface area contributed by atoms with Gasteiger partial charge in [-0.15, -0.1) is 0 Å². The quantitative estimate of drug-likeness (QED) is 0.466. The molecule has 1 heterocycles. The average Bonchev–Trinajstić information content (AvgIpc) is 3.18. The standard InChI is InChI=1S/C24H27N3O2/c28-23(20-11-10-18-6-1-2-7-19(18)16-20)12-13-24(29)25-14-5-15-27-17-26-21-8-3-4-9-22(21)27/h3-4,8-11,16-17H,1-2,5-7,12-15H2,(H,25,29). The summed E-state index contributed by atoms with van der Waals surface area (Å²) in [4.78, 5) is 28.9. The number of aromatic nitrogens is 2. The van der Waals surface area contributed by atoms with Crippen molar-refractivity contribution in [3.05, 3.63) is 65.5 Å². The predicted octanol–water partition coefficient (Wildman–Crippen LogP) is 4.08. The van der Waals surface area contributed by atoms with Crippen molar-refractivity contribution in [3.63, 3.8) is 0 Å². The van der Waals surface area contributed by atoms with Crippen LogP contribution < -0.4 is 5.32 Å². The Morgan fingerprint density at radius 1 is 1.00 bits per heavy atom. The zero-order valence-corrected chi connectivity index (χ0v) is 16.7. The van der Waals surface area contributed by atoms with Gasteiger partial charge in [-0.25, -0.2) is 4.98 Å². The number of nitrogens with zero attached hydrogens (tertiary/aromatic N) is 2. The molecule has 0 atom stereocenters. The van der Waals surface area contributed by atoms with Crippen molar-refractivity contribution >= 4 is 22.7 Å². The molecule has 5 nitrogen and oxygen atoms in total. The zero-order valence-electron chi connectivity index (χ0n) is 16.7. The fourth-order valence-electron chi connectivity index (χ4n) is 4.03. The van der Waals surface area contributed by atoms with Crippen LogP contribution in [0.5, 0.6) is 0 Å². The fourth-order valence-corrected chi connectivity index (χ4v) is 4.03. The van der Waals surface area contributed by atoms with Gasteiger partial charge >= 0.3 is 0 Å². The number of hydrogen-bond acceptors (Lipinski definition) is 3. The average molecular weight is 389 g/mol. The summed E-state index contributed by atoms with van der Waals surface area (Å²) in [6.45, 7) is 1.40. The van der Waals surface area contributed by atoms with Gasteiger partial charge in [-0.1, -0.05) is 24.3 Å². The van der Waals surface area contributed by atoms with Crippen molar-refractivity contribution in [1.82, 2.24) is 14.9 Å². The first kappa shape index (κ1) is 19.4. The number of aryl methyl sites for hydroxylation is 3. The molecule has 1 aliphatic rings. The van der Waals surface area contributed by atoms with Gasteiger partial charge in [-0.2, -0.15) is 0 Å². The van der Waals surface area contributed by atoms with Gasteiger partial charge < -0.3 is 9.88 Å². The predicted molar refractivity (Wildman–Crippen MR) is 114 cm³/mol. The first-order chi connectivity index (χ1) is 14.2. The van der Waals surface area contributed by atoms with Crippen molar-refractivity contribution in [2.75, 3.05) is 6.54 Å². The monoisotopic (exact) mass is 389 g/mol. The summed E-state index contributed by atoms with van der Waals surface area (Å²) in [5.74, 6) is -0.00907. The van der Waals surface area contributed by atoms with E-state index in [1.807, 2.05) is 42.7 Å². The minimum Gasteiger partial charge on any atom is -0.356 e. The number of para-hydroxylation sites is 2. The third kappa shape index (κ3) is 4.73. The number of ketones is 1. The number of carbonyl (C=O) groups excluding carboxylic acids is 2. The summed E-state index contributed by atoms with van der Waals surface area (Å²) >= 11 is 0. The summed E-state index contributed by atoms with van der Waals surface area (Å²) in [5, 5.41) is 2.93. The molecule has 1 aliphatic carbocycles. The Bertz CT molecular complexity index is 1020. The van der Waals surface area contributed by atoms with E-state index in [1.165, 1.54) is 24.0 Å². The van der Waals surface area contributed by atoms with Crippen LogP contribution >= 0.6 is 0 Å². The maximum absolute atomic E-state index is 12.5. The molecule has 0 saturated carbocycles. The molecule has 0 fully saturated rings. The lowest BCUT2D eigenvalue weighted by Crippen LogP contribution is -2.25. The number of imidazole rings is 1. The van der Waals surface area contributed by atoms with Crippen molar-refractivity contribution in [2.24, 2.45) is 0 Å². The van der Waals surface area contributed by atoms with Gasteiger partial charge in [0.25, 0.3) is 0 Å². The van der Waals surface area contributed by atoms with E-state index in [0.29, 0.717) is 6.54 Å². The molecule has 4 rings (SSSR count). The maximum Gasteiger partial charge on any atom is 0.220 e. The highest BCUT2D eigenvalue weighted by Gasteiger charge is 2.14. The molecule has 0 spiro atoms. The van der Waals surface area contributed by atoms with E-state index in [-0.39, 0.29) is 24.5 Å². The first-order valence-corrected chi connectivity index (χ1v) is 10.5. The minimum absolute atomic E-state index is 0.0541. The van der Waals surface area contributed by atoms with Crippen LogP contribution in [-0.2, 0) is 24.2 Å². The second kappa shape index (κ2) is 9.03. The second-order valence-corrected chi connectivity index (χ2v) is 7.74. The fraction of sp³-hybridized carbons (Fsp3) is 0.375. The molecule has 1 amide bonds. The van der Waals surface area contributed by atoms with Gasteiger partial charge in [0.1, 0.15) is 0 Å². The number of hydrogen-bond donors (Lipinski definition) is 1. The van der Waals surface area contributed by atoms with Crippen LogP contribution in [0.25, 0.3) is 11.0 Å². The van der Waals surface area contributed by atoms with Gasteiger partial charge in [0, 0.05) is 31.5 Å². The lowest BCUT2D eigenvalue weighted by atomic mass is 9.89. The van der Waals surface area contributed by atoms with Crippen LogP contribution in [0.2, 0.25) is 0 Å². The number of amides is 1. The topological polar surface area (TPSA) is 64.0 Å². The molecule has 1 N–H and O–H groups in total. The molecule has 5 heteroatoms. The molecule has 0 unspecified atom stereocenters. The smallest absolute Gasteiger partial charge is 0.220 e. The third-order valence-corrected chi connectivity index (χ3v) is 5.67. The van der Waals surface area contributed by atoms with E-state index in [1.54, 1.807) is 0 Å². The van der Waals surface area contributed by atoms with Crippen LogP contribution in [0.15, 0.2) is 48.8 Å². The van der Waals surface area contributed by atoms with Gasteiger partial charge in [-0.05, 0) is 61.4 Å². The molecular formula is C24H27N3O2. The molecule has 2 aromatic carbocycles. The Morgan fingerprint density at radius 3 is 2.72 bits per heavy atom. The summed E-state index contributed by atoms with van der Waals surface area (Å²) in [5.41, 5.74) is 5.51. The largest absolute Gasteiger partial charge is 0.356 e. The SMILES string of the molecule is O=C(CCC(=O)c1ccc2c(c1)CCCC2)NCCCn1cnc2ccccc21. The number of nitrogens with one attached hydrogen (secondary N) is 1. The van der Waals surface area contributed by atoms with Gasteiger partial charge in [-0.3, -0.25) is 9.59 Å². The van der Waals surface area contributed by atoms with Crippen molar-refractivity contribution < 1.29 is 9.59 Å². The molecule has 0 aliphatic heterocycles. The minimum atomic E-state index is -0.0631. The number of fused-ring (bicyclic) bond motifs is 2. The highest BCUT2D eigenvalue weighted by molar-refractivity contribution is 5.98. The summed E-state index contributed by atoms with van der Waals surface area (Å²) in [6, 6.07) is 14.1. The highest BCUT2D eigenvalue weighted by Crippen LogP contribution is 2.23. The zero-order chi connectivity index (χ0) is 20.1. The van der Waals surface area contributed by atoms with E-state index in [9.17, 15) is 9.59 Å². The molecule has 3 aromatic rings. The summed E-state index contributed by atoms with van der Waals surface area (Å²) in [6.07, 6.45) is 7.76. The normalized spacial score (nSPS) is 13.2. The van der Waals surface area contributed by atoms with Crippen molar-refractivity contribution in [3.8, 4) is 0 Å². The molecule has 29 heavy (non-hydrogen) atoms. The van der Waals surface area contributed by atoms with Crippen molar-refractivity contribution in [1.29, 1.82) is 0 Å². The number of carbonyl (C=O) groups is 2. The van der Waals surface area contributed by atoms with Gasteiger partial charge in [0.05, 0.1) is 17.4 Å². The van der Waals surface area contributed by atoms with Crippen LogP contribution in [-0.4, -0.2) is 27.8 Å². The Balaban J connectivity index is 1.19. The summed E-state index contributed by atoms with van der Waals surface area (Å²) in [7, 11) is 0. The lowest BCUT2D eigenvalue weighted by Gasteiger charge is -2.16. The second-order valence-electron chi connectivity index (χ2n) is 7.74. The molecule has 0 bridgehead atoms. The Labute approximate surface area is 171 Å². The third-order valence-electron chi connectivity index (χ3n) is 5.67. The Kier molecular flexibility index (Phi) is 6.03.